The van der Waals surface area contributed by atoms with Crippen molar-refractivity contribution in [2.24, 2.45) is 5.92 Å². The van der Waals surface area contributed by atoms with E-state index in [0.717, 1.165) is 11.3 Å². The first-order valence-corrected chi connectivity index (χ1v) is 7.12. The van der Waals surface area contributed by atoms with E-state index in [1.807, 2.05) is 31.2 Å². The van der Waals surface area contributed by atoms with Crippen LogP contribution in [0.3, 0.4) is 0 Å². The molecule has 4 nitrogen and oxygen atoms in total. The summed E-state index contributed by atoms with van der Waals surface area (Å²) in [4.78, 5) is 0. The minimum Gasteiger partial charge on any atom is -0.491 e. The predicted octanol–water partition coefficient (Wildman–Crippen LogP) is 2.00. The Bertz CT molecular complexity index is 382. The van der Waals surface area contributed by atoms with E-state index in [4.69, 9.17) is 9.47 Å². The second-order valence-electron chi connectivity index (χ2n) is 5.50. The molecule has 1 rings (SSSR count). The highest BCUT2D eigenvalue weighted by Gasteiger charge is 2.14. The molecule has 20 heavy (non-hydrogen) atoms. The summed E-state index contributed by atoms with van der Waals surface area (Å²) in [7, 11) is 1.69. The predicted molar refractivity (Wildman–Crippen MR) is 81.2 cm³/mol. The molecule has 0 heterocycles. The van der Waals surface area contributed by atoms with Crippen LogP contribution in [0.5, 0.6) is 5.75 Å². The van der Waals surface area contributed by atoms with E-state index in [1.54, 1.807) is 7.11 Å². The number of nitrogens with one attached hydrogen (secondary N) is 1. The lowest BCUT2D eigenvalue weighted by Crippen LogP contribution is -2.43. The van der Waals surface area contributed by atoms with Crippen LogP contribution in [0.2, 0.25) is 0 Å². The van der Waals surface area contributed by atoms with Gasteiger partial charge in [-0.15, -0.1) is 0 Å². The largest absolute Gasteiger partial charge is 0.491 e. The highest BCUT2D eigenvalue weighted by Crippen LogP contribution is 2.12. The molecule has 0 amide bonds. The van der Waals surface area contributed by atoms with Crippen LogP contribution < -0.4 is 10.1 Å². The molecule has 114 valence electrons. The number of benzene rings is 1. The number of aliphatic hydroxyl groups is 1. The molecule has 0 aliphatic carbocycles. The molecule has 0 saturated heterocycles. The number of hydrogen-bond acceptors (Lipinski definition) is 4. The van der Waals surface area contributed by atoms with Crippen molar-refractivity contribution < 1.29 is 14.6 Å². The van der Waals surface area contributed by atoms with Crippen LogP contribution in [-0.4, -0.2) is 44.1 Å². The van der Waals surface area contributed by atoms with Gasteiger partial charge >= 0.3 is 0 Å². The first-order chi connectivity index (χ1) is 9.52. The standard InChI is InChI=1S/C16H27NO3/c1-12(2)16(11-19-4)17-9-14(18)10-20-15-7-5-6-13(3)8-15/h5-8,12,14,16-18H,9-11H2,1-4H3. The highest BCUT2D eigenvalue weighted by atomic mass is 16.5. The molecule has 2 atom stereocenters. The van der Waals surface area contributed by atoms with Gasteiger partial charge in [0, 0.05) is 19.7 Å². The fourth-order valence-electron chi connectivity index (χ4n) is 1.91. The van der Waals surface area contributed by atoms with Crippen molar-refractivity contribution in [3.8, 4) is 5.75 Å². The van der Waals surface area contributed by atoms with Gasteiger partial charge in [0.05, 0.1) is 6.61 Å². The van der Waals surface area contributed by atoms with Crippen molar-refractivity contribution in [2.75, 3.05) is 26.9 Å². The molecule has 0 aliphatic rings. The molecule has 0 aromatic heterocycles. The van der Waals surface area contributed by atoms with Gasteiger partial charge in [0.1, 0.15) is 18.5 Å². The lowest BCUT2D eigenvalue weighted by molar-refractivity contribution is 0.0901. The highest BCUT2D eigenvalue weighted by molar-refractivity contribution is 5.27. The van der Waals surface area contributed by atoms with Gasteiger partial charge in [-0.25, -0.2) is 0 Å². The Balaban J connectivity index is 2.30. The molecule has 0 spiro atoms. The van der Waals surface area contributed by atoms with E-state index in [9.17, 15) is 5.11 Å². The van der Waals surface area contributed by atoms with E-state index < -0.39 is 6.10 Å². The fourth-order valence-corrected chi connectivity index (χ4v) is 1.91. The van der Waals surface area contributed by atoms with Crippen LogP contribution in [0.1, 0.15) is 19.4 Å². The van der Waals surface area contributed by atoms with Crippen LogP contribution in [-0.2, 0) is 4.74 Å². The smallest absolute Gasteiger partial charge is 0.119 e. The molecule has 2 unspecified atom stereocenters. The molecule has 0 bridgehead atoms. The van der Waals surface area contributed by atoms with E-state index >= 15 is 0 Å². The van der Waals surface area contributed by atoms with Gasteiger partial charge < -0.3 is 19.9 Å². The van der Waals surface area contributed by atoms with Crippen molar-refractivity contribution in [2.45, 2.75) is 32.9 Å². The normalized spacial score (nSPS) is 14.3. The number of aliphatic hydroxyl groups excluding tert-OH is 1. The summed E-state index contributed by atoms with van der Waals surface area (Å²) in [5.41, 5.74) is 1.15. The summed E-state index contributed by atoms with van der Waals surface area (Å²) >= 11 is 0. The van der Waals surface area contributed by atoms with Crippen LogP contribution in [0, 0.1) is 12.8 Å². The maximum absolute atomic E-state index is 9.95. The molecule has 1 aromatic rings. The number of methoxy groups -OCH3 is 1. The Hall–Kier alpha value is -1.10. The van der Waals surface area contributed by atoms with Gasteiger partial charge in [0.2, 0.25) is 0 Å². The molecule has 0 radical (unpaired) electrons. The van der Waals surface area contributed by atoms with Crippen LogP contribution >= 0.6 is 0 Å². The Morgan fingerprint density at radius 1 is 1.25 bits per heavy atom. The molecule has 0 saturated carbocycles. The summed E-state index contributed by atoms with van der Waals surface area (Å²) in [6.45, 7) is 7.71. The third-order valence-electron chi connectivity index (χ3n) is 3.20. The van der Waals surface area contributed by atoms with Gasteiger partial charge in [-0.2, -0.15) is 0 Å². The maximum atomic E-state index is 9.95. The Labute approximate surface area is 122 Å². The molecular weight excluding hydrogens is 254 g/mol. The second kappa shape index (κ2) is 8.95. The number of ether oxygens (including phenoxy) is 2. The summed E-state index contributed by atoms with van der Waals surface area (Å²) < 4.78 is 10.7. The van der Waals surface area contributed by atoms with Crippen LogP contribution in [0.25, 0.3) is 0 Å². The van der Waals surface area contributed by atoms with Crippen molar-refractivity contribution in [1.29, 1.82) is 0 Å². The van der Waals surface area contributed by atoms with Crippen LogP contribution in [0.4, 0.5) is 0 Å². The minimum absolute atomic E-state index is 0.244. The average molecular weight is 281 g/mol. The Morgan fingerprint density at radius 2 is 2.00 bits per heavy atom. The van der Waals surface area contributed by atoms with Gasteiger partial charge in [-0.3, -0.25) is 0 Å². The molecule has 0 fully saturated rings. The lowest BCUT2D eigenvalue weighted by Gasteiger charge is -2.23. The number of rotatable bonds is 9. The molecular formula is C16H27NO3. The van der Waals surface area contributed by atoms with Crippen molar-refractivity contribution in [1.82, 2.24) is 5.32 Å². The number of hydrogen-bond donors (Lipinski definition) is 2. The Kier molecular flexibility index (Phi) is 7.59. The minimum atomic E-state index is -0.534. The lowest BCUT2D eigenvalue weighted by atomic mass is 10.1. The van der Waals surface area contributed by atoms with Crippen molar-refractivity contribution in [3.63, 3.8) is 0 Å². The fraction of sp³-hybridized carbons (Fsp3) is 0.625. The first-order valence-electron chi connectivity index (χ1n) is 7.12. The number of aryl methyl sites for hydroxylation is 1. The zero-order valence-corrected chi connectivity index (χ0v) is 12.9. The maximum Gasteiger partial charge on any atom is 0.119 e. The second-order valence-corrected chi connectivity index (χ2v) is 5.50. The zero-order valence-electron chi connectivity index (χ0n) is 12.9. The SMILES string of the molecule is COCC(NCC(O)COc1cccc(C)c1)C(C)C. The third kappa shape index (κ3) is 6.37. The quantitative estimate of drug-likeness (QED) is 0.727. The monoisotopic (exact) mass is 281 g/mol. The van der Waals surface area contributed by atoms with Crippen molar-refractivity contribution >= 4 is 0 Å². The zero-order chi connectivity index (χ0) is 15.0. The van der Waals surface area contributed by atoms with E-state index in [2.05, 4.69) is 19.2 Å². The van der Waals surface area contributed by atoms with Crippen LogP contribution in [0.15, 0.2) is 24.3 Å². The van der Waals surface area contributed by atoms with Crippen molar-refractivity contribution in [3.05, 3.63) is 29.8 Å². The first kappa shape index (κ1) is 17.0. The Morgan fingerprint density at radius 3 is 2.60 bits per heavy atom. The summed E-state index contributed by atoms with van der Waals surface area (Å²) in [6.07, 6.45) is -0.534. The van der Waals surface area contributed by atoms with Gasteiger partial charge in [-0.1, -0.05) is 26.0 Å². The molecule has 1 aromatic carbocycles. The van der Waals surface area contributed by atoms with Gasteiger partial charge in [-0.05, 0) is 30.5 Å². The third-order valence-corrected chi connectivity index (χ3v) is 3.20. The van der Waals surface area contributed by atoms with Gasteiger partial charge in [0.25, 0.3) is 0 Å². The topological polar surface area (TPSA) is 50.7 Å². The molecule has 4 heteroatoms. The van der Waals surface area contributed by atoms with Gasteiger partial charge in [0.15, 0.2) is 0 Å². The summed E-state index contributed by atoms with van der Waals surface area (Å²) in [5.74, 6) is 1.25. The molecule has 2 N–H and O–H groups in total. The summed E-state index contributed by atoms with van der Waals surface area (Å²) in [5, 5.41) is 13.3. The van der Waals surface area contributed by atoms with E-state index in [0.29, 0.717) is 19.1 Å². The summed E-state index contributed by atoms with van der Waals surface area (Å²) in [6, 6.07) is 8.07. The van der Waals surface area contributed by atoms with E-state index in [1.165, 1.54) is 0 Å². The van der Waals surface area contributed by atoms with E-state index in [-0.39, 0.29) is 12.6 Å². The molecule has 0 aliphatic heterocycles. The average Bonchev–Trinajstić information content (AvgIpc) is 2.41.